The molecule has 1 aliphatic carbocycles. The van der Waals surface area contributed by atoms with Crippen molar-refractivity contribution >= 4 is 43.0 Å². The Labute approximate surface area is 241 Å². The average Bonchev–Trinajstić information content (AvgIpc) is 3.58. The second-order valence-corrected chi connectivity index (χ2v) is 11.7. The molecule has 0 bridgehead atoms. The Bertz CT molecular complexity index is 2080. The Balaban J connectivity index is 1.17. The zero-order chi connectivity index (χ0) is 27.4. The Morgan fingerprint density at radius 2 is 1.39 bits per heavy atom. The SMILES string of the molecule is CC1(c2nc(-c3ccccc3)nc(-c3ccccc3)n2)C=CC(c2ccc3nc4c5ccccc5sc4n3c2)=CC1. The van der Waals surface area contributed by atoms with Crippen LogP contribution in [0.15, 0.2) is 121 Å². The van der Waals surface area contributed by atoms with Gasteiger partial charge in [-0.2, -0.15) is 0 Å². The highest BCUT2D eigenvalue weighted by Crippen LogP contribution is 2.38. The third-order valence-corrected chi connectivity index (χ3v) is 9.00. The number of hydrogen-bond donors (Lipinski definition) is 0. The van der Waals surface area contributed by atoms with Gasteiger partial charge in [0.25, 0.3) is 0 Å². The first-order valence-corrected chi connectivity index (χ1v) is 14.5. The number of pyridine rings is 1. The van der Waals surface area contributed by atoms with Gasteiger partial charge in [0.15, 0.2) is 11.6 Å². The molecule has 7 aromatic rings. The minimum absolute atomic E-state index is 0.364. The minimum Gasteiger partial charge on any atom is -0.290 e. The maximum Gasteiger partial charge on any atom is 0.163 e. The zero-order valence-corrected chi connectivity index (χ0v) is 23.2. The monoisotopic (exact) mass is 547 g/mol. The Morgan fingerprint density at radius 1 is 0.707 bits per heavy atom. The van der Waals surface area contributed by atoms with Crippen LogP contribution in [-0.4, -0.2) is 24.3 Å². The van der Waals surface area contributed by atoms with Gasteiger partial charge in [-0.05, 0) is 42.7 Å². The van der Waals surface area contributed by atoms with Crippen LogP contribution in [0.5, 0.6) is 0 Å². The summed E-state index contributed by atoms with van der Waals surface area (Å²) >= 11 is 1.79. The van der Waals surface area contributed by atoms with Crippen molar-refractivity contribution in [1.82, 2.24) is 24.3 Å². The van der Waals surface area contributed by atoms with Crippen molar-refractivity contribution in [2.24, 2.45) is 0 Å². The van der Waals surface area contributed by atoms with Crippen LogP contribution in [0, 0.1) is 0 Å². The summed E-state index contributed by atoms with van der Waals surface area (Å²) < 4.78 is 3.49. The minimum atomic E-state index is -0.364. The molecule has 4 heterocycles. The van der Waals surface area contributed by atoms with E-state index < -0.39 is 0 Å². The third kappa shape index (κ3) is 4.07. The lowest BCUT2D eigenvalue weighted by molar-refractivity contribution is 0.555. The predicted octanol–water partition coefficient (Wildman–Crippen LogP) is 8.52. The van der Waals surface area contributed by atoms with E-state index in [9.17, 15) is 0 Å². The standard InChI is InChI=1S/C35H25N5S/c1-35(34-38-31(24-10-4-2-5-11-24)37-32(39-34)25-12-6-3-7-13-25)20-18-23(19-21-35)26-16-17-29-36-30-27-14-8-9-15-28(27)41-33(30)40(29)22-26/h2-20,22H,21H2,1H3. The largest absolute Gasteiger partial charge is 0.290 e. The van der Waals surface area contributed by atoms with Crippen LogP contribution in [0.25, 0.3) is 54.4 Å². The molecule has 0 N–H and O–H groups in total. The van der Waals surface area contributed by atoms with E-state index in [0.717, 1.165) is 40.1 Å². The number of rotatable bonds is 4. The fraction of sp³-hybridized carbons (Fsp3) is 0.0857. The maximum absolute atomic E-state index is 5.00. The van der Waals surface area contributed by atoms with Crippen molar-refractivity contribution in [1.29, 1.82) is 0 Å². The summed E-state index contributed by atoms with van der Waals surface area (Å²) in [6, 6.07) is 33.0. The summed E-state index contributed by atoms with van der Waals surface area (Å²) in [5.74, 6) is 2.15. The summed E-state index contributed by atoms with van der Waals surface area (Å²) in [5.41, 5.74) is 5.99. The molecule has 6 heteroatoms. The number of aromatic nitrogens is 5. The number of thiophene rings is 1. The highest BCUT2D eigenvalue weighted by molar-refractivity contribution is 7.25. The highest BCUT2D eigenvalue weighted by atomic mass is 32.1. The van der Waals surface area contributed by atoms with Crippen molar-refractivity contribution in [2.75, 3.05) is 0 Å². The van der Waals surface area contributed by atoms with Gasteiger partial charge in [-0.3, -0.25) is 4.40 Å². The van der Waals surface area contributed by atoms with E-state index in [4.69, 9.17) is 19.9 Å². The molecular weight excluding hydrogens is 522 g/mol. The van der Waals surface area contributed by atoms with E-state index in [1.54, 1.807) is 11.3 Å². The van der Waals surface area contributed by atoms with E-state index in [-0.39, 0.29) is 5.41 Å². The number of allylic oxidation sites excluding steroid dienone is 4. The number of nitrogens with zero attached hydrogens (tertiary/aromatic N) is 5. The molecule has 4 aromatic heterocycles. The van der Waals surface area contributed by atoms with E-state index in [1.165, 1.54) is 20.5 Å². The predicted molar refractivity (Wildman–Crippen MR) is 168 cm³/mol. The third-order valence-electron chi connectivity index (χ3n) is 7.84. The van der Waals surface area contributed by atoms with Crippen molar-refractivity contribution in [3.05, 3.63) is 133 Å². The summed E-state index contributed by atoms with van der Waals surface area (Å²) in [4.78, 5) is 21.0. The van der Waals surface area contributed by atoms with Gasteiger partial charge < -0.3 is 0 Å². The van der Waals surface area contributed by atoms with Gasteiger partial charge >= 0.3 is 0 Å². The molecule has 8 rings (SSSR count). The lowest BCUT2D eigenvalue weighted by atomic mass is 9.80. The normalized spacial score (nSPS) is 17.0. The van der Waals surface area contributed by atoms with Crippen molar-refractivity contribution in [2.45, 2.75) is 18.8 Å². The number of fused-ring (bicyclic) bond motifs is 5. The smallest absolute Gasteiger partial charge is 0.163 e. The van der Waals surface area contributed by atoms with Crippen LogP contribution in [0.2, 0.25) is 0 Å². The average molecular weight is 548 g/mol. The van der Waals surface area contributed by atoms with Crippen LogP contribution in [0.4, 0.5) is 0 Å². The first-order chi connectivity index (χ1) is 20.1. The Kier molecular flexibility index (Phi) is 5.43. The van der Waals surface area contributed by atoms with Crippen molar-refractivity contribution < 1.29 is 0 Å². The maximum atomic E-state index is 5.00. The zero-order valence-electron chi connectivity index (χ0n) is 22.4. The van der Waals surface area contributed by atoms with Crippen molar-refractivity contribution in [3.63, 3.8) is 0 Å². The van der Waals surface area contributed by atoms with Crippen LogP contribution in [0.1, 0.15) is 24.7 Å². The molecule has 0 aliphatic heterocycles. The number of hydrogen-bond acceptors (Lipinski definition) is 5. The van der Waals surface area contributed by atoms with E-state index >= 15 is 0 Å². The first kappa shape index (κ1) is 23.9. The second kappa shape index (κ2) is 9.32. The van der Waals surface area contributed by atoms with Crippen LogP contribution >= 0.6 is 11.3 Å². The quantitative estimate of drug-likeness (QED) is 0.222. The van der Waals surface area contributed by atoms with Crippen LogP contribution in [0.3, 0.4) is 0 Å². The molecule has 0 fully saturated rings. The van der Waals surface area contributed by atoms with Crippen LogP contribution in [-0.2, 0) is 5.41 Å². The molecule has 0 amide bonds. The molecule has 3 aromatic carbocycles. The fourth-order valence-electron chi connectivity index (χ4n) is 5.50. The summed E-state index contributed by atoms with van der Waals surface area (Å²) in [7, 11) is 0. The molecule has 5 nitrogen and oxygen atoms in total. The first-order valence-electron chi connectivity index (χ1n) is 13.7. The second-order valence-electron chi connectivity index (χ2n) is 10.7. The Hall–Kier alpha value is -4.94. The van der Waals surface area contributed by atoms with Gasteiger partial charge in [-0.1, -0.05) is 97.1 Å². The molecular formula is C35H25N5S. The van der Waals surface area contributed by atoms with E-state index in [1.807, 2.05) is 60.7 Å². The molecule has 0 saturated carbocycles. The molecule has 0 spiro atoms. The molecule has 41 heavy (non-hydrogen) atoms. The fourth-order valence-corrected chi connectivity index (χ4v) is 6.62. The van der Waals surface area contributed by atoms with Gasteiger partial charge in [-0.25, -0.2) is 19.9 Å². The van der Waals surface area contributed by atoms with E-state index in [2.05, 4.69) is 72.1 Å². The van der Waals surface area contributed by atoms with Gasteiger partial charge in [0.2, 0.25) is 0 Å². The molecule has 0 saturated heterocycles. The lowest BCUT2D eigenvalue weighted by Gasteiger charge is -2.27. The van der Waals surface area contributed by atoms with Crippen LogP contribution < -0.4 is 0 Å². The molecule has 0 radical (unpaired) electrons. The summed E-state index contributed by atoms with van der Waals surface area (Å²) in [6.45, 7) is 2.20. The molecule has 196 valence electrons. The molecule has 1 atom stereocenters. The summed E-state index contributed by atoms with van der Waals surface area (Å²) in [6.07, 6.45) is 9.75. The number of benzene rings is 3. The number of imidazole rings is 1. The lowest BCUT2D eigenvalue weighted by Crippen LogP contribution is -2.24. The van der Waals surface area contributed by atoms with Crippen molar-refractivity contribution in [3.8, 4) is 22.8 Å². The molecule has 1 aliphatic rings. The van der Waals surface area contributed by atoms with Gasteiger partial charge in [0.1, 0.15) is 21.8 Å². The molecule has 1 unspecified atom stereocenters. The van der Waals surface area contributed by atoms with E-state index in [0.29, 0.717) is 11.6 Å². The van der Waals surface area contributed by atoms with Gasteiger partial charge in [0, 0.05) is 32.8 Å². The highest BCUT2D eigenvalue weighted by Gasteiger charge is 2.30. The summed E-state index contributed by atoms with van der Waals surface area (Å²) in [5, 5.41) is 1.22. The van der Waals surface area contributed by atoms with Gasteiger partial charge in [0.05, 0.1) is 0 Å². The van der Waals surface area contributed by atoms with Gasteiger partial charge in [-0.15, -0.1) is 11.3 Å². The Morgan fingerprint density at radius 3 is 2.07 bits per heavy atom. The topological polar surface area (TPSA) is 56.0 Å².